The zero-order valence-electron chi connectivity index (χ0n) is 42.5. The minimum Gasteiger partial charge on any atom is -0.394 e. The van der Waals surface area contributed by atoms with Gasteiger partial charge in [0.15, 0.2) is 0 Å². The molecule has 14 nitrogen and oxygen atoms in total. The van der Waals surface area contributed by atoms with Crippen LogP contribution >= 0.6 is 27.3 Å². The number of hydrogen-bond acceptors (Lipinski definition) is 12. The third-order valence-electron chi connectivity index (χ3n) is 17.0. The predicted octanol–water partition coefficient (Wildman–Crippen LogP) is 9.02. The Hall–Kier alpha value is -5.91. The number of aryl methyl sites for hydroxylation is 1. The van der Waals surface area contributed by atoms with E-state index in [-0.39, 0.29) is 42.4 Å². The molecule has 3 aliphatic heterocycles. The Bertz CT molecular complexity index is 3190. The molecule has 16 heteroatoms. The molecule has 1 spiro atoms. The van der Waals surface area contributed by atoms with E-state index in [1.807, 2.05) is 61.0 Å². The van der Waals surface area contributed by atoms with Gasteiger partial charge in [0.25, 0.3) is 5.56 Å². The van der Waals surface area contributed by atoms with Crippen molar-refractivity contribution in [2.45, 2.75) is 133 Å². The number of fused-ring (bicyclic) bond motifs is 7. The Morgan fingerprint density at radius 2 is 1.71 bits per heavy atom. The Morgan fingerprint density at radius 3 is 2.41 bits per heavy atom. The van der Waals surface area contributed by atoms with E-state index < -0.39 is 30.1 Å². The number of aliphatic imine (C=N–C) groups is 1. The summed E-state index contributed by atoms with van der Waals surface area (Å²) in [4.78, 5) is 61.4. The minimum atomic E-state index is -0.926. The van der Waals surface area contributed by atoms with Crippen LogP contribution in [0.5, 0.6) is 0 Å². The number of halogens is 1. The lowest BCUT2D eigenvalue weighted by molar-refractivity contribution is -0.141. The maximum Gasteiger partial charge on any atom is 0.281 e. The van der Waals surface area contributed by atoms with Crippen molar-refractivity contribution < 1.29 is 19.8 Å². The summed E-state index contributed by atoms with van der Waals surface area (Å²) >= 11 is 5.21. The lowest BCUT2D eigenvalue weighted by atomic mass is 9.69. The van der Waals surface area contributed by atoms with Gasteiger partial charge in [0.2, 0.25) is 11.8 Å². The molecule has 4 fully saturated rings. The molecular weight excluding hydrogens is 1030 g/mol. The Balaban J connectivity index is 0.743. The quantitative estimate of drug-likeness (QED) is 0.0497. The molecule has 2 saturated carbocycles. The number of aliphatic hydroxyl groups is 2. The molecule has 2 amide bonds. The normalized spacial score (nSPS) is 21.2. The maximum atomic E-state index is 14.7. The van der Waals surface area contributed by atoms with Crippen LogP contribution in [0.4, 0.5) is 0 Å². The average molecular weight is 1090 g/mol. The first-order valence-electron chi connectivity index (χ1n) is 26.9. The van der Waals surface area contributed by atoms with Crippen molar-refractivity contribution in [1.82, 2.24) is 29.7 Å². The predicted molar refractivity (Wildman–Crippen MR) is 299 cm³/mol. The summed E-state index contributed by atoms with van der Waals surface area (Å²) < 4.78 is 3.08. The highest BCUT2D eigenvalue weighted by Crippen LogP contribution is 2.52. The first-order chi connectivity index (χ1) is 36.5. The second-order valence-electron chi connectivity index (χ2n) is 21.5. The lowest BCUT2D eigenvalue weighted by Gasteiger charge is -2.34. The van der Waals surface area contributed by atoms with Gasteiger partial charge in [-0.05, 0) is 132 Å². The van der Waals surface area contributed by atoms with Crippen LogP contribution in [0, 0.1) is 12.8 Å². The zero-order chi connectivity index (χ0) is 51.8. The number of carbonyl (C=O) groups excluding carboxylic acids is 2. The van der Waals surface area contributed by atoms with Crippen molar-refractivity contribution in [2.75, 3.05) is 26.2 Å². The van der Waals surface area contributed by atoms with Gasteiger partial charge in [0, 0.05) is 29.5 Å². The van der Waals surface area contributed by atoms with Crippen LogP contribution in [-0.2, 0) is 21.5 Å². The SMILES string of the molecule is Cc1ncsc1-c1ccc([C@H](CO)NC(=O)[C@@H]2C[C@@H](O)CN2C(=O)[C@@H](N=C/C(=N\N)c2ccc(CN3CCC(c4ccc5c(c4)-n4c(nc(=O)c6c(Br)cccc64)C54CCCCC4)CC3)cc2)C2CCCCC2)cc1. The number of piperidine rings is 1. The van der Waals surface area contributed by atoms with Gasteiger partial charge in [-0.15, -0.1) is 11.3 Å². The summed E-state index contributed by atoms with van der Waals surface area (Å²) in [7, 11) is 0. The second-order valence-corrected chi connectivity index (χ2v) is 23.2. The molecule has 0 radical (unpaired) electrons. The monoisotopic (exact) mass is 1090 g/mol. The highest BCUT2D eigenvalue weighted by atomic mass is 79.9. The van der Waals surface area contributed by atoms with Crippen LogP contribution in [0.3, 0.4) is 0 Å². The molecule has 6 aromatic rings. The van der Waals surface area contributed by atoms with Gasteiger partial charge in [-0.1, -0.05) is 105 Å². The van der Waals surface area contributed by atoms with Crippen LogP contribution in [0.15, 0.2) is 110 Å². The third-order valence-corrected chi connectivity index (χ3v) is 18.7. The van der Waals surface area contributed by atoms with Crippen molar-refractivity contribution in [1.29, 1.82) is 0 Å². The van der Waals surface area contributed by atoms with Gasteiger partial charge in [-0.3, -0.25) is 28.8 Å². The topological polar surface area (TPSA) is 192 Å². The minimum absolute atomic E-state index is 0.0150. The molecule has 2 aliphatic carbocycles. The number of aliphatic hydroxyl groups excluding tert-OH is 2. The molecule has 4 atom stereocenters. The van der Waals surface area contributed by atoms with Crippen molar-refractivity contribution in [2.24, 2.45) is 21.9 Å². The summed E-state index contributed by atoms with van der Waals surface area (Å²) in [5.74, 6) is 6.59. The summed E-state index contributed by atoms with van der Waals surface area (Å²) in [5.41, 5.74) is 11.3. The fourth-order valence-electron chi connectivity index (χ4n) is 13.0. The molecule has 11 rings (SSSR count). The maximum absolute atomic E-state index is 14.7. The summed E-state index contributed by atoms with van der Waals surface area (Å²) in [6.07, 6.45) is 13.1. The second kappa shape index (κ2) is 22.0. The summed E-state index contributed by atoms with van der Waals surface area (Å²) in [5, 5.41) is 29.1. The number of carbonyl (C=O) groups is 2. The van der Waals surface area contributed by atoms with Crippen LogP contribution in [0.2, 0.25) is 0 Å². The van der Waals surface area contributed by atoms with Gasteiger partial charge >= 0.3 is 0 Å². The largest absolute Gasteiger partial charge is 0.394 e. The van der Waals surface area contributed by atoms with E-state index in [4.69, 9.17) is 15.8 Å². The van der Waals surface area contributed by atoms with Crippen LogP contribution in [-0.4, -0.2) is 103 Å². The van der Waals surface area contributed by atoms with Gasteiger partial charge in [0.05, 0.1) is 63.1 Å². The average Bonchev–Trinajstić information content (AvgIpc) is 4.13. The number of hydrazone groups is 1. The van der Waals surface area contributed by atoms with Crippen molar-refractivity contribution >= 4 is 61.9 Å². The molecule has 75 heavy (non-hydrogen) atoms. The van der Waals surface area contributed by atoms with Gasteiger partial charge < -0.3 is 26.3 Å². The van der Waals surface area contributed by atoms with Crippen molar-refractivity contribution in [3.8, 4) is 16.1 Å². The van der Waals surface area contributed by atoms with E-state index in [9.17, 15) is 24.6 Å². The highest BCUT2D eigenvalue weighted by molar-refractivity contribution is 9.10. The van der Waals surface area contributed by atoms with Crippen molar-refractivity contribution in [3.05, 3.63) is 145 Å². The first-order valence-corrected chi connectivity index (χ1v) is 28.6. The fraction of sp³-hybridized carbons (Fsp3) is 0.441. The number of aromatic nitrogens is 3. The number of nitrogens with one attached hydrogen (secondary N) is 1. The number of thiazole rings is 1. The molecule has 390 valence electrons. The van der Waals surface area contributed by atoms with Gasteiger partial charge in [0.1, 0.15) is 23.6 Å². The number of amides is 2. The van der Waals surface area contributed by atoms with Crippen LogP contribution in [0.1, 0.15) is 135 Å². The molecule has 2 saturated heterocycles. The number of β-amino-alcohol motifs (C(OH)–C–C–N with tert-alkyl or cyclic N) is 1. The summed E-state index contributed by atoms with van der Waals surface area (Å²) in [6, 6.07) is 26.6. The number of nitrogens with two attached hydrogens (primary N) is 1. The molecule has 5 heterocycles. The van der Waals surface area contributed by atoms with E-state index >= 15 is 0 Å². The number of rotatable bonds is 13. The molecule has 5 aliphatic rings. The molecule has 5 N–H and O–H groups in total. The fourth-order valence-corrected chi connectivity index (χ4v) is 14.3. The van der Waals surface area contributed by atoms with Crippen LogP contribution in [0.25, 0.3) is 27.0 Å². The molecular formula is C59H66BrN9O5S. The van der Waals surface area contributed by atoms with Gasteiger partial charge in [-0.25, -0.2) is 4.98 Å². The number of nitrogens with zero attached hydrogens (tertiary/aromatic N) is 7. The molecule has 4 aromatic carbocycles. The van der Waals surface area contributed by atoms with E-state index in [1.54, 1.807) is 17.6 Å². The van der Waals surface area contributed by atoms with E-state index in [2.05, 4.69) is 77.2 Å². The Labute approximate surface area is 450 Å². The Kier molecular flexibility index (Phi) is 15.0. The number of benzene rings is 4. The van der Waals surface area contributed by atoms with E-state index in [0.29, 0.717) is 17.0 Å². The smallest absolute Gasteiger partial charge is 0.281 e. The summed E-state index contributed by atoms with van der Waals surface area (Å²) in [6.45, 7) is 4.38. The first kappa shape index (κ1) is 51.2. The third kappa shape index (κ3) is 10.0. The van der Waals surface area contributed by atoms with Crippen molar-refractivity contribution in [3.63, 3.8) is 0 Å². The lowest BCUT2D eigenvalue weighted by Crippen LogP contribution is -2.51. The molecule has 0 bridgehead atoms. The van der Waals surface area contributed by atoms with Crippen LogP contribution < -0.4 is 16.7 Å². The molecule has 0 unspecified atom stereocenters. The number of hydrogen-bond donors (Lipinski definition) is 4. The standard InChI is InChI=1S/C59H66BrN9O5S/c1-36-54(75-35-63-36)42-19-17-40(18-20-42)48(34-70)64-55(72)51-30-44(71)33-68(51)57(74)53(41-9-4-2-5-10-41)62-31-47(66-61)39-15-13-37(14-16-39)32-67-27-23-38(24-28-67)43-21-22-45-50(29-43)69-49-12-8-11-46(60)52(49)56(73)65-58(69)59(45)25-6-3-7-26-59/h8,11-22,29,31,35,38,41,44,48,51,53,70-71H,2-7,9-10,23-28,30,32-34,61H2,1H3,(H,64,72)/b62-31?,66-47+/t44-,48+,51+,53+/m1/s1. The molecule has 2 aromatic heterocycles. The van der Waals surface area contributed by atoms with Gasteiger partial charge in [-0.2, -0.15) is 10.1 Å². The van der Waals surface area contributed by atoms with E-state index in [0.717, 1.165) is 133 Å². The Morgan fingerprint density at radius 1 is 0.960 bits per heavy atom. The zero-order valence-corrected chi connectivity index (χ0v) is 44.9. The number of likely N-dealkylation sites (tertiary alicyclic amines) is 2. The highest BCUT2D eigenvalue weighted by Gasteiger charge is 2.47. The van der Waals surface area contributed by atoms with E-state index in [1.165, 1.54) is 33.7 Å².